The Morgan fingerprint density at radius 3 is 2.68 bits per heavy atom. The largest absolute Gasteiger partial charge is 0.301 e. The quantitative estimate of drug-likeness (QED) is 0.551. The van der Waals surface area contributed by atoms with E-state index in [1.807, 2.05) is 34.9 Å². The zero-order chi connectivity index (χ0) is 18.9. The van der Waals surface area contributed by atoms with Gasteiger partial charge in [0.15, 0.2) is 0 Å². The van der Waals surface area contributed by atoms with Crippen LogP contribution in [0.2, 0.25) is 0 Å². The summed E-state index contributed by atoms with van der Waals surface area (Å²) in [6.45, 7) is 1.16. The van der Waals surface area contributed by atoms with Crippen molar-refractivity contribution in [3.8, 4) is 16.9 Å². The zero-order valence-electron chi connectivity index (χ0n) is 15.1. The van der Waals surface area contributed by atoms with Crippen LogP contribution in [0.1, 0.15) is 23.3 Å². The van der Waals surface area contributed by atoms with Crippen LogP contribution in [-0.4, -0.2) is 48.3 Å². The highest BCUT2D eigenvalue weighted by molar-refractivity contribution is 5.92. The summed E-state index contributed by atoms with van der Waals surface area (Å²) < 4.78 is 3.65. The fraction of sp³-hybridized carbons (Fsp3) is 0.200. The summed E-state index contributed by atoms with van der Waals surface area (Å²) in [5, 5.41) is 5.83. The number of aromatic nitrogens is 5. The molecule has 1 aliphatic heterocycles. The molecule has 5 rings (SSSR count). The minimum Gasteiger partial charge on any atom is -0.301 e. The number of nitrogens with zero attached hydrogens (tertiary/aromatic N) is 6. The third kappa shape index (κ3) is 2.84. The van der Waals surface area contributed by atoms with E-state index in [0.717, 1.165) is 35.3 Å². The van der Waals surface area contributed by atoms with Gasteiger partial charge in [-0.1, -0.05) is 6.07 Å². The maximum absolute atomic E-state index is 12.9. The lowest BCUT2D eigenvalue weighted by Gasteiger charge is -2.25. The van der Waals surface area contributed by atoms with Crippen LogP contribution in [0, 0.1) is 0 Å². The van der Waals surface area contributed by atoms with Crippen LogP contribution < -0.4 is 0 Å². The van der Waals surface area contributed by atoms with Gasteiger partial charge in [0.05, 0.1) is 12.8 Å². The molecule has 0 unspecified atom stereocenters. The second-order valence-corrected chi connectivity index (χ2v) is 6.61. The standard InChI is InChI=1S/C20H18N6O2/c27-20(25-9-1-2-10-28-25)18-7-8-23-26(18)19-6-5-17-4-3-15(13-24(17)19)16-11-21-14-22-12-16/h3-8,11-14H,1-2,9-10H2. The number of amides is 1. The van der Waals surface area contributed by atoms with Gasteiger partial charge in [-0.3, -0.25) is 9.63 Å². The maximum atomic E-state index is 12.9. The normalized spacial score (nSPS) is 14.5. The smallest absolute Gasteiger partial charge is 0.296 e. The topological polar surface area (TPSA) is 77.5 Å². The molecular weight excluding hydrogens is 356 g/mol. The second kappa shape index (κ2) is 6.90. The van der Waals surface area contributed by atoms with Crippen LogP contribution in [0.5, 0.6) is 0 Å². The number of rotatable bonds is 3. The van der Waals surface area contributed by atoms with Gasteiger partial charge in [-0.05, 0) is 37.1 Å². The molecule has 0 atom stereocenters. The van der Waals surface area contributed by atoms with Crippen molar-refractivity contribution in [2.24, 2.45) is 0 Å². The van der Waals surface area contributed by atoms with Crippen molar-refractivity contribution >= 4 is 11.4 Å². The van der Waals surface area contributed by atoms with E-state index in [1.54, 1.807) is 29.3 Å². The van der Waals surface area contributed by atoms with E-state index in [0.29, 0.717) is 18.8 Å². The number of carbonyl (C=O) groups excluding carboxylic acids is 1. The van der Waals surface area contributed by atoms with E-state index >= 15 is 0 Å². The van der Waals surface area contributed by atoms with Gasteiger partial charge in [0, 0.05) is 41.8 Å². The van der Waals surface area contributed by atoms with Crippen molar-refractivity contribution in [3.05, 3.63) is 67.1 Å². The van der Waals surface area contributed by atoms with Crippen molar-refractivity contribution < 1.29 is 9.63 Å². The molecule has 0 bridgehead atoms. The molecule has 0 aromatic carbocycles. The van der Waals surface area contributed by atoms with Crippen LogP contribution in [0.25, 0.3) is 22.5 Å². The van der Waals surface area contributed by atoms with Gasteiger partial charge < -0.3 is 4.40 Å². The molecule has 0 saturated carbocycles. The minimum absolute atomic E-state index is 0.181. The third-order valence-electron chi connectivity index (χ3n) is 4.83. The fourth-order valence-corrected chi connectivity index (χ4v) is 3.41. The Morgan fingerprint density at radius 1 is 1.00 bits per heavy atom. The number of fused-ring (bicyclic) bond motifs is 1. The van der Waals surface area contributed by atoms with Crippen molar-refractivity contribution in [1.29, 1.82) is 0 Å². The molecule has 1 fully saturated rings. The highest BCUT2D eigenvalue weighted by Crippen LogP contribution is 2.23. The first kappa shape index (κ1) is 16.6. The van der Waals surface area contributed by atoms with E-state index in [-0.39, 0.29) is 5.91 Å². The molecule has 0 aliphatic carbocycles. The second-order valence-electron chi connectivity index (χ2n) is 6.61. The highest BCUT2D eigenvalue weighted by atomic mass is 16.7. The minimum atomic E-state index is -0.181. The van der Waals surface area contributed by atoms with Crippen molar-refractivity contribution in [1.82, 2.24) is 29.2 Å². The average molecular weight is 374 g/mol. The molecule has 1 saturated heterocycles. The lowest BCUT2D eigenvalue weighted by molar-refractivity contribution is -0.144. The number of carbonyl (C=O) groups is 1. The molecule has 0 radical (unpaired) electrons. The average Bonchev–Trinajstić information content (AvgIpc) is 3.40. The number of hydrogen-bond acceptors (Lipinski definition) is 5. The maximum Gasteiger partial charge on any atom is 0.296 e. The summed E-state index contributed by atoms with van der Waals surface area (Å²) in [6, 6.07) is 9.70. The predicted octanol–water partition coefficient (Wildman–Crippen LogP) is 2.75. The Hall–Kier alpha value is -3.52. The summed E-state index contributed by atoms with van der Waals surface area (Å²) in [5.41, 5.74) is 3.36. The lowest BCUT2D eigenvalue weighted by Crippen LogP contribution is -2.36. The van der Waals surface area contributed by atoms with E-state index in [4.69, 9.17) is 4.84 Å². The summed E-state index contributed by atoms with van der Waals surface area (Å²) in [6.07, 6.45) is 10.6. The number of pyridine rings is 1. The molecule has 0 N–H and O–H groups in total. The molecule has 0 spiro atoms. The summed E-state index contributed by atoms with van der Waals surface area (Å²) in [7, 11) is 0. The van der Waals surface area contributed by atoms with E-state index in [9.17, 15) is 4.79 Å². The Balaban J connectivity index is 1.57. The molecular formula is C20H18N6O2. The lowest BCUT2D eigenvalue weighted by atomic mass is 10.1. The highest BCUT2D eigenvalue weighted by Gasteiger charge is 2.24. The SMILES string of the molecule is O=C(c1ccnn1-c1ccc2ccc(-c3cncnc3)cn12)N1CCCCO1. The monoisotopic (exact) mass is 374 g/mol. The molecule has 8 heteroatoms. The van der Waals surface area contributed by atoms with Crippen LogP contribution in [-0.2, 0) is 4.84 Å². The molecule has 28 heavy (non-hydrogen) atoms. The van der Waals surface area contributed by atoms with Gasteiger partial charge in [-0.2, -0.15) is 5.10 Å². The zero-order valence-corrected chi connectivity index (χ0v) is 15.1. The number of hydroxylamine groups is 2. The van der Waals surface area contributed by atoms with Gasteiger partial charge in [-0.15, -0.1) is 0 Å². The first-order chi connectivity index (χ1) is 13.8. The molecule has 5 heterocycles. The predicted molar refractivity (Wildman–Crippen MR) is 102 cm³/mol. The van der Waals surface area contributed by atoms with E-state index in [2.05, 4.69) is 15.1 Å². The van der Waals surface area contributed by atoms with Gasteiger partial charge in [-0.25, -0.2) is 19.7 Å². The van der Waals surface area contributed by atoms with Gasteiger partial charge in [0.2, 0.25) is 0 Å². The van der Waals surface area contributed by atoms with Crippen molar-refractivity contribution in [2.75, 3.05) is 13.2 Å². The van der Waals surface area contributed by atoms with Gasteiger partial charge >= 0.3 is 0 Å². The third-order valence-corrected chi connectivity index (χ3v) is 4.83. The molecule has 4 aromatic rings. The van der Waals surface area contributed by atoms with Crippen LogP contribution in [0.4, 0.5) is 0 Å². The molecule has 1 amide bonds. The Bertz CT molecular complexity index is 1130. The van der Waals surface area contributed by atoms with Crippen molar-refractivity contribution in [3.63, 3.8) is 0 Å². The first-order valence-electron chi connectivity index (χ1n) is 9.17. The van der Waals surface area contributed by atoms with Gasteiger partial charge in [0.25, 0.3) is 5.91 Å². The number of hydrogen-bond donors (Lipinski definition) is 0. The van der Waals surface area contributed by atoms with E-state index < -0.39 is 0 Å². The van der Waals surface area contributed by atoms with Crippen LogP contribution in [0.3, 0.4) is 0 Å². The van der Waals surface area contributed by atoms with Crippen molar-refractivity contribution in [2.45, 2.75) is 12.8 Å². The Morgan fingerprint density at radius 2 is 1.86 bits per heavy atom. The fourth-order valence-electron chi connectivity index (χ4n) is 3.41. The molecule has 4 aromatic heterocycles. The van der Waals surface area contributed by atoms with E-state index in [1.165, 1.54) is 11.4 Å². The summed E-state index contributed by atoms with van der Waals surface area (Å²) in [4.78, 5) is 26.6. The first-order valence-corrected chi connectivity index (χ1v) is 9.17. The van der Waals surface area contributed by atoms with Crippen LogP contribution >= 0.6 is 0 Å². The van der Waals surface area contributed by atoms with Crippen LogP contribution in [0.15, 0.2) is 61.4 Å². The molecule has 140 valence electrons. The summed E-state index contributed by atoms with van der Waals surface area (Å²) in [5.74, 6) is 0.596. The summed E-state index contributed by atoms with van der Waals surface area (Å²) >= 11 is 0. The molecule has 8 nitrogen and oxygen atoms in total. The Kier molecular flexibility index (Phi) is 4.10. The Labute approximate surface area is 161 Å². The van der Waals surface area contributed by atoms with Gasteiger partial charge in [0.1, 0.15) is 17.8 Å². The molecule has 1 aliphatic rings.